The summed E-state index contributed by atoms with van der Waals surface area (Å²) in [5.74, 6) is -0.0204. The van der Waals surface area contributed by atoms with Crippen molar-refractivity contribution in [2.24, 2.45) is 0 Å². The topological polar surface area (TPSA) is 108 Å². The van der Waals surface area contributed by atoms with Gasteiger partial charge in [-0.15, -0.1) is 10.2 Å². The quantitative estimate of drug-likeness (QED) is 0.448. The van der Waals surface area contributed by atoms with Gasteiger partial charge in [0.2, 0.25) is 5.82 Å². The lowest BCUT2D eigenvalue weighted by molar-refractivity contribution is 0.0697. The second-order valence-electron chi connectivity index (χ2n) is 7.08. The van der Waals surface area contributed by atoms with E-state index in [1.807, 2.05) is 53.4 Å². The normalized spacial score (nSPS) is 10.7. The van der Waals surface area contributed by atoms with E-state index in [4.69, 9.17) is 0 Å². The standard InChI is InChI=1S/C23H22N6O2/c1-2-13-29(22-19(23(30)31)9-6-12-24-22)15-16-10-11-18(17-7-4-3-5-8-17)20(14-16)21-25-27-28-26-21/h3-12,14H,2,13,15H2,1H3,(H,30,31)(H,25,26,27,28). The number of rotatable bonds is 8. The number of hydrogen-bond donors (Lipinski definition) is 2. The molecular weight excluding hydrogens is 392 g/mol. The van der Waals surface area contributed by atoms with E-state index in [9.17, 15) is 9.90 Å². The number of aromatic carboxylic acids is 1. The summed E-state index contributed by atoms with van der Waals surface area (Å²) in [7, 11) is 0. The number of nitrogens with zero attached hydrogens (tertiary/aromatic N) is 5. The van der Waals surface area contributed by atoms with Gasteiger partial charge in [-0.2, -0.15) is 5.21 Å². The van der Waals surface area contributed by atoms with Crippen molar-refractivity contribution >= 4 is 11.8 Å². The molecule has 0 saturated carbocycles. The van der Waals surface area contributed by atoms with Gasteiger partial charge in [0.1, 0.15) is 11.4 Å². The molecule has 0 spiro atoms. The van der Waals surface area contributed by atoms with Gasteiger partial charge in [0, 0.05) is 24.8 Å². The number of hydrogen-bond acceptors (Lipinski definition) is 6. The Morgan fingerprint density at radius 2 is 1.90 bits per heavy atom. The van der Waals surface area contributed by atoms with Gasteiger partial charge >= 0.3 is 5.97 Å². The van der Waals surface area contributed by atoms with Crippen molar-refractivity contribution in [3.8, 4) is 22.5 Å². The van der Waals surface area contributed by atoms with Gasteiger partial charge in [0.25, 0.3) is 0 Å². The molecule has 2 aromatic heterocycles. The third-order valence-electron chi connectivity index (χ3n) is 4.94. The monoisotopic (exact) mass is 414 g/mol. The second kappa shape index (κ2) is 9.17. The highest BCUT2D eigenvalue weighted by molar-refractivity contribution is 5.93. The number of carboxylic acids is 1. The largest absolute Gasteiger partial charge is 0.478 e. The highest BCUT2D eigenvalue weighted by Crippen LogP contribution is 2.31. The highest BCUT2D eigenvalue weighted by Gasteiger charge is 2.18. The number of carboxylic acid groups (broad SMARTS) is 1. The summed E-state index contributed by atoms with van der Waals surface area (Å²) in [5.41, 5.74) is 4.09. The molecule has 31 heavy (non-hydrogen) atoms. The van der Waals surface area contributed by atoms with Crippen LogP contribution in [0.3, 0.4) is 0 Å². The Morgan fingerprint density at radius 3 is 2.61 bits per heavy atom. The highest BCUT2D eigenvalue weighted by atomic mass is 16.4. The average Bonchev–Trinajstić information content (AvgIpc) is 3.34. The van der Waals surface area contributed by atoms with E-state index < -0.39 is 5.97 Å². The van der Waals surface area contributed by atoms with Crippen molar-refractivity contribution in [3.05, 3.63) is 78.0 Å². The van der Waals surface area contributed by atoms with Crippen LogP contribution >= 0.6 is 0 Å². The lowest BCUT2D eigenvalue weighted by Crippen LogP contribution is -2.26. The third-order valence-corrected chi connectivity index (χ3v) is 4.94. The van der Waals surface area contributed by atoms with Crippen LogP contribution in [-0.4, -0.2) is 43.2 Å². The van der Waals surface area contributed by atoms with Crippen LogP contribution in [0.1, 0.15) is 29.3 Å². The van der Waals surface area contributed by atoms with E-state index in [1.54, 1.807) is 18.3 Å². The first kappa shape index (κ1) is 20.2. The molecule has 2 aromatic carbocycles. The molecule has 0 unspecified atom stereocenters. The van der Waals surface area contributed by atoms with E-state index >= 15 is 0 Å². The van der Waals surface area contributed by atoms with Crippen LogP contribution in [0.5, 0.6) is 0 Å². The van der Waals surface area contributed by atoms with Gasteiger partial charge in [-0.3, -0.25) is 0 Å². The predicted molar refractivity (Wildman–Crippen MR) is 118 cm³/mol. The van der Waals surface area contributed by atoms with Crippen molar-refractivity contribution in [1.29, 1.82) is 0 Å². The Kier molecular flexibility index (Phi) is 5.98. The summed E-state index contributed by atoms with van der Waals surface area (Å²) in [6.07, 6.45) is 2.48. The lowest BCUT2D eigenvalue weighted by atomic mass is 9.97. The molecule has 2 heterocycles. The maximum Gasteiger partial charge on any atom is 0.339 e. The van der Waals surface area contributed by atoms with E-state index in [2.05, 4.69) is 32.5 Å². The summed E-state index contributed by atoms with van der Waals surface area (Å²) < 4.78 is 0. The average molecular weight is 414 g/mol. The van der Waals surface area contributed by atoms with Crippen LogP contribution in [0.25, 0.3) is 22.5 Å². The number of aromatic nitrogens is 5. The number of pyridine rings is 1. The summed E-state index contributed by atoms with van der Waals surface area (Å²) in [6, 6.07) is 19.3. The molecule has 0 amide bonds. The molecule has 8 heteroatoms. The first-order valence-corrected chi connectivity index (χ1v) is 10.0. The molecule has 4 rings (SSSR count). The molecule has 8 nitrogen and oxygen atoms in total. The van der Waals surface area contributed by atoms with Gasteiger partial charge in [0.15, 0.2) is 0 Å². The molecule has 4 aromatic rings. The summed E-state index contributed by atoms with van der Waals surface area (Å²) in [6.45, 7) is 3.24. The first-order valence-electron chi connectivity index (χ1n) is 10.0. The molecule has 0 saturated heterocycles. The van der Waals surface area contributed by atoms with Crippen molar-refractivity contribution < 1.29 is 9.90 Å². The molecule has 0 aliphatic rings. The Balaban J connectivity index is 1.74. The fourth-order valence-corrected chi connectivity index (χ4v) is 3.59. The number of H-pyrrole nitrogens is 1. The van der Waals surface area contributed by atoms with Crippen LogP contribution < -0.4 is 4.90 Å². The third kappa shape index (κ3) is 4.42. The Bertz CT molecular complexity index is 1160. The SMILES string of the molecule is CCCN(Cc1ccc(-c2ccccc2)c(-c2nn[nH]n2)c1)c1ncccc1C(=O)O. The van der Waals surface area contributed by atoms with Crippen LogP contribution in [0.2, 0.25) is 0 Å². The minimum atomic E-state index is -0.990. The van der Waals surface area contributed by atoms with Gasteiger partial charge in [-0.05, 0) is 46.5 Å². The van der Waals surface area contributed by atoms with Gasteiger partial charge in [0.05, 0.1) is 0 Å². The molecule has 0 fully saturated rings. The number of nitrogens with one attached hydrogen (secondary N) is 1. The first-order chi connectivity index (χ1) is 15.2. The maximum absolute atomic E-state index is 11.7. The van der Waals surface area contributed by atoms with Crippen LogP contribution in [-0.2, 0) is 6.54 Å². The zero-order valence-corrected chi connectivity index (χ0v) is 17.1. The van der Waals surface area contributed by atoms with Crippen molar-refractivity contribution in [2.75, 3.05) is 11.4 Å². The van der Waals surface area contributed by atoms with Crippen LogP contribution in [0.4, 0.5) is 5.82 Å². The molecule has 0 bridgehead atoms. The lowest BCUT2D eigenvalue weighted by Gasteiger charge is -2.25. The summed E-state index contributed by atoms with van der Waals surface area (Å²) >= 11 is 0. The van der Waals surface area contributed by atoms with Crippen molar-refractivity contribution in [2.45, 2.75) is 19.9 Å². The van der Waals surface area contributed by atoms with Crippen LogP contribution in [0, 0.1) is 0 Å². The second-order valence-corrected chi connectivity index (χ2v) is 7.08. The number of anilines is 1. The fraction of sp³-hybridized carbons (Fsp3) is 0.174. The smallest absolute Gasteiger partial charge is 0.339 e. The molecule has 0 atom stereocenters. The van der Waals surface area contributed by atoms with E-state index in [-0.39, 0.29) is 5.56 Å². The molecule has 0 radical (unpaired) electrons. The molecule has 156 valence electrons. The summed E-state index contributed by atoms with van der Waals surface area (Å²) in [5, 5.41) is 24.2. The van der Waals surface area contributed by atoms with E-state index in [1.165, 1.54) is 0 Å². The fourth-order valence-electron chi connectivity index (χ4n) is 3.59. The van der Waals surface area contributed by atoms with Crippen LogP contribution in [0.15, 0.2) is 66.9 Å². The number of carbonyl (C=O) groups is 1. The van der Waals surface area contributed by atoms with Crippen molar-refractivity contribution in [3.63, 3.8) is 0 Å². The van der Waals surface area contributed by atoms with E-state index in [0.717, 1.165) is 28.7 Å². The van der Waals surface area contributed by atoms with Gasteiger partial charge in [-0.1, -0.05) is 49.4 Å². The number of benzene rings is 2. The van der Waals surface area contributed by atoms with Gasteiger partial charge < -0.3 is 10.0 Å². The predicted octanol–water partition coefficient (Wildman–Crippen LogP) is 4.04. The maximum atomic E-state index is 11.7. The van der Waals surface area contributed by atoms with E-state index in [0.29, 0.717) is 24.7 Å². The molecule has 2 N–H and O–H groups in total. The Hall–Kier alpha value is -4.07. The Labute approximate surface area is 179 Å². The zero-order chi connectivity index (χ0) is 21.6. The number of aromatic amines is 1. The Morgan fingerprint density at radius 1 is 1.06 bits per heavy atom. The molecular formula is C23H22N6O2. The molecule has 0 aliphatic heterocycles. The summed E-state index contributed by atoms with van der Waals surface area (Å²) in [4.78, 5) is 18.0. The molecule has 0 aliphatic carbocycles. The minimum absolute atomic E-state index is 0.190. The van der Waals surface area contributed by atoms with Crippen molar-refractivity contribution in [1.82, 2.24) is 25.6 Å². The number of tetrazole rings is 1. The minimum Gasteiger partial charge on any atom is -0.478 e. The zero-order valence-electron chi connectivity index (χ0n) is 17.1. The van der Waals surface area contributed by atoms with Gasteiger partial charge in [-0.25, -0.2) is 9.78 Å².